The van der Waals surface area contributed by atoms with Crippen LogP contribution in [0, 0.1) is 5.92 Å². The summed E-state index contributed by atoms with van der Waals surface area (Å²) in [6.45, 7) is 7.26. The molecule has 0 radical (unpaired) electrons. The van der Waals surface area contributed by atoms with E-state index < -0.39 is 11.7 Å². The third-order valence-electron chi connectivity index (χ3n) is 4.58. The van der Waals surface area contributed by atoms with E-state index in [1.807, 2.05) is 34.0 Å². The maximum atomic E-state index is 12.6. The summed E-state index contributed by atoms with van der Waals surface area (Å²) in [7, 11) is 1.85. The van der Waals surface area contributed by atoms with Crippen molar-refractivity contribution in [2.75, 3.05) is 13.1 Å². The van der Waals surface area contributed by atoms with E-state index in [-0.39, 0.29) is 17.2 Å². The minimum atomic E-state index is -0.588. The maximum absolute atomic E-state index is 12.6. The van der Waals surface area contributed by atoms with Crippen LogP contribution in [0.4, 0.5) is 4.79 Å². The lowest BCUT2D eigenvalue weighted by Crippen LogP contribution is -2.43. The Bertz CT molecular complexity index is 826. The molecule has 0 bridgehead atoms. The molecule has 9 heteroatoms. The second-order valence-corrected chi connectivity index (χ2v) is 8.41. The van der Waals surface area contributed by atoms with Crippen LogP contribution in [0.1, 0.15) is 45.3 Å². The fourth-order valence-electron chi connectivity index (χ4n) is 3.40. The van der Waals surface area contributed by atoms with Crippen molar-refractivity contribution in [3.8, 4) is 11.1 Å². The van der Waals surface area contributed by atoms with Crippen LogP contribution < -0.4 is 10.6 Å². The van der Waals surface area contributed by atoms with Gasteiger partial charge < -0.3 is 15.4 Å². The first-order valence-electron chi connectivity index (χ1n) is 9.44. The van der Waals surface area contributed by atoms with Crippen molar-refractivity contribution in [1.29, 1.82) is 0 Å². The van der Waals surface area contributed by atoms with Crippen molar-refractivity contribution in [2.24, 2.45) is 13.0 Å². The average molecular weight is 407 g/mol. The highest BCUT2D eigenvalue weighted by Crippen LogP contribution is 2.33. The molecule has 28 heavy (non-hydrogen) atoms. The van der Waals surface area contributed by atoms with Gasteiger partial charge in [-0.1, -0.05) is 0 Å². The highest BCUT2D eigenvalue weighted by Gasteiger charge is 2.32. The molecule has 1 amide bonds. The lowest BCUT2D eigenvalue weighted by atomic mass is 9.87. The molecule has 0 aliphatic carbocycles. The molecule has 2 atom stereocenters. The van der Waals surface area contributed by atoms with E-state index in [2.05, 4.69) is 25.7 Å². The number of amides is 1. The van der Waals surface area contributed by atoms with Crippen molar-refractivity contribution in [3.05, 3.63) is 29.6 Å². The second-order valence-electron chi connectivity index (χ2n) is 8.07. The predicted molar refractivity (Wildman–Crippen MR) is 107 cm³/mol. The van der Waals surface area contributed by atoms with Crippen LogP contribution in [0.5, 0.6) is 0 Å². The highest BCUT2D eigenvalue weighted by atomic mass is 35.5. The number of aromatic nitrogens is 4. The summed E-state index contributed by atoms with van der Waals surface area (Å²) in [5.74, 6) is 0.155. The molecule has 1 fully saturated rings. The second kappa shape index (κ2) is 8.45. The average Bonchev–Trinajstić information content (AvgIpc) is 3.05. The topological polar surface area (TPSA) is 94.0 Å². The first-order chi connectivity index (χ1) is 13.2. The van der Waals surface area contributed by atoms with Gasteiger partial charge in [0.15, 0.2) is 0 Å². The number of nitrogens with zero attached hydrogens (tertiary/aromatic N) is 4. The molecule has 1 aliphatic rings. The van der Waals surface area contributed by atoms with E-state index in [9.17, 15) is 4.79 Å². The monoisotopic (exact) mass is 406 g/mol. The number of hydrogen-bond donors (Lipinski definition) is 2. The smallest absolute Gasteiger partial charge is 0.408 e. The van der Waals surface area contributed by atoms with E-state index in [0.717, 1.165) is 37.1 Å². The van der Waals surface area contributed by atoms with E-state index in [1.165, 1.54) is 0 Å². The first-order valence-corrected chi connectivity index (χ1v) is 9.82. The van der Waals surface area contributed by atoms with E-state index >= 15 is 0 Å². The predicted octanol–water partition coefficient (Wildman–Crippen LogP) is 3.10. The quantitative estimate of drug-likeness (QED) is 0.758. The van der Waals surface area contributed by atoms with Crippen LogP contribution in [0.3, 0.4) is 0 Å². The Morgan fingerprint density at radius 3 is 2.82 bits per heavy atom. The number of halogens is 1. The highest BCUT2D eigenvalue weighted by molar-refractivity contribution is 6.28. The fourth-order valence-corrected chi connectivity index (χ4v) is 3.54. The number of piperidine rings is 1. The summed E-state index contributed by atoms with van der Waals surface area (Å²) >= 11 is 6.13. The lowest BCUT2D eigenvalue weighted by Gasteiger charge is -2.32. The number of nitrogens with one attached hydrogen (secondary N) is 2. The summed E-state index contributed by atoms with van der Waals surface area (Å²) in [4.78, 5) is 21.2. The zero-order valence-corrected chi connectivity index (χ0v) is 17.5. The van der Waals surface area contributed by atoms with Crippen LogP contribution in [-0.2, 0) is 11.8 Å². The van der Waals surface area contributed by atoms with Crippen LogP contribution in [0.2, 0.25) is 5.28 Å². The van der Waals surface area contributed by atoms with E-state index in [4.69, 9.17) is 16.3 Å². The number of carbonyl (C=O) groups is 1. The molecule has 0 aromatic carbocycles. The molecule has 1 aliphatic heterocycles. The Morgan fingerprint density at radius 1 is 1.43 bits per heavy atom. The molecule has 2 aromatic rings. The number of ether oxygens (including phenoxy) is 1. The molecule has 2 aromatic heterocycles. The molecular formula is C19H27ClN6O2. The van der Waals surface area contributed by atoms with Crippen LogP contribution >= 0.6 is 11.6 Å². The van der Waals surface area contributed by atoms with Gasteiger partial charge in [0.05, 0.1) is 17.9 Å². The van der Waals surface area contributed by atoms with Crippen molar-refractivity contribution >= 4 is 17.7 Å². The maximum Gasteiger partial charge on any atom is 0.408 e. The summed E-state index contributed by atoms with van der Waals surface area (Å²) < 4.78 is 7.21. The number of rotatable bonds is 4. The van der Waals surface area contributed by atoms with Gasteiger partial charge in [-0.25, -0.2) is 14.8 Å². The van der Waals surface area contributed by atoms with Crippen LogP contribution in [0.25, 0.3) is 11.1 Å². The fraction of sp³-hybridized carbons (Fsp3) is 0.579. The zero-order valence-electron chi connectivity index (χ0n) is 16.7. The standard InChI is InChI=1S/C19H27ClN6O2/c1-19(2,3)28-18(27)25-15(12-6-5-7-21-8-12)16-14(10-22-17(20)24-16)13-9-23-26(4)11-13/h9-12,15,21H,5-8H2,1-4H3,(H,25,27). The SMILES string of the molecule is Cn1cc(-c2cnc(Cl)nc2C(NC(=O)OC(C)(C)C)C2CCCNC2)cn1. The lowest BCUT2D eigenvalue weighted by molar-refractivity contribution is 0.0477. The Hall–Kier alpha value is -2.19. The van der Waals surface area contributed by atoms with Crippen molar-refractivity contribution < 1.29 is 9.53 Å². The summed E-state index contributed by atoms with van der Waals surface area (Å²) in [6, 6.07) is -0.363. The van der Waals surface area contributed by atoms with Gasteiger partial charge in [-0.15, -0.1) is 0 Å². The van der Waals surface area contributed by atoms with Gasteiger partial charge in [-0.2, -0.15) is 5.10 Å². The van der Waals surface area contributed by atoms with Crippen LogP contribution in [-0.4, -0.2) is 44.5 Å². The molecule has 1 saturated heterocycles. The molecule has 3 heterocycles. The number of carbonyl (C=O) groups excluding carboxylic acids is 1. The van der Waals surface area contributed by atoms with Gasteiger partial charge >= 0.3 is 6.09 Å². The molecular weight excluding hydrogens is 380 g/mol. The Labute approximate surface area is 170 Å². The molecule has 8 nitrogen and oxygen atoms in total. The van der Waals surface area contributed by atoms with Gasteiger partial charge in [0.25, 0.3) is 0 Å². The van der Waals surface area contributed by atoms with Gasteiger partial charge in [0, 0.05) is 37.1 Å². The number of aryl methyl sites for hydroxylation is 1. The van der Waals surface area contributed by atoms with E-state index in [1.54, 1.807) is 17.1 Å². The van der Waals surface area contributed by atoms with Gasteiger partial charge in [-0.3, -0.25) is 4.68 Å². The molecule has 0 saturated carbocycles. The van der Waals surface area contributed by atoms with Crippen molar-refractivity contribution in [3.63, 3.8) is 0 Å². The minimum Gasteiger partial charge on any atom is -0.444 e. The molecule has 0 spiro atoms. The Morgan fingerprint density at radius 2 is 2.21 bits per heavy atom. The third kappa shape index (κ3) is 5.20. The molecule has 152 valence electrons. The van der Waals surface area contributed by atoms with Gasteiger partial charge in [0.2, 0.25) is 5.28 Å². The molecule has 3 rings (SSSR count). The van der Waals surface area contributed by atoms with Crippen molar-refractivity contribution in [1.82, 2.24) is 30.4 Å². The summed E-state index contributed by atoms with van der Waals surface area (Å²) in [5.41, 5.74) is 1.75. The summed E-state index contributed by atoms with van der Waals surface area (Å²) in [5, 5.41) is 10.8. The van der Waals surface area contributed by atoms with Crippen LogP contribution in [0.15, 0.2) is 18.6 Å². The van der Waals surface area contributed by atoms with Crippen molar-refractivity contribution in [2.45, 2.75) is 45.3 Å². The Kier molecular flexibility index (Phi) is 6.20. The number of alkyl carbamates (subject to hydrolysis) is 1. The first kappa shape index (κ1) is 20.5. The molecule has 2 N–H and O–H groups in total. The van der Waals surface area contributed by atoms with Gasteiger partial charge in [-0.05, 0) is 57.7 Å². The largest absolute Gasteiger partial charge is 0.444 e. The zero-order chi connectivity index (χ0) is 20.3. The Balaban J connectivity index is 1.99. The van der Waals surface area contributed by atoms with Gasteiger partial charge in [0.1, 0.15) is 5.60 Å². The minimum absolute atomic E-state index is 0.141. The number of hydrogen-bond acceptors (Lipinski definition) is 6. The third-order valence-corrected chi connectivity index (χ3v) is 4.76. The normalized spacial score (nSPS) is 18.5. The molecule has 2 unspecified atom stereocenters. The summed E-state index contributed by atoms with van der Waals surface area (Å²) in [6.07, 6.45) is 6.83. The van der Waals surface area contributed by atoms with E-state index in [0.29, 0.717) is 5.69 Å².